The van der Waals surface area contributed by atoms with Gasteiger partial charge in [-0.25, -0.2) is 19.6 Å². The summed E-state index contributed by atoms with van der Waals surface area (Å²) in [4.78, 5) is 51.7. The first-order valence-corrected chi connectivity index (χ1v) is 13.8. The number of nitrogens with one attached hydrogen (secondary N) is 2. The Morgan fingerprint density at radius 3 is 2.38 bits per heavy atom. The van der Waals surface area contributed by atoms with Gasteiger partial charge in [0.2, 0.25) is 5.95 Å². The van der Waals surface area contributed by atoms with Crippen LogP contribution < -0.4 is 10.2 Å². The molecule has 0 aromatic carbocycles. The van der Waals surface area contributed by atoms with Gasteiger partial charge in [0, 0.05) is 24.4 Å². The Labute approximate surface area is 240 Å². The van der Waals surface area contributed by atoms with Crippen molar-refractivity contribution in [3.05, 3.63) is 27.1 Å². The fraction of sp³-hybridized carbons (Fsp3) is 0.577. The first kappa shape index (κ1) is 29.2. The van der Waals surface area contributed by atoms with E-state index in [1.54, 1.807) is 47.6 Å². The standard InChI is InChI=1S/C26H34IN5O7/c1-25(2,3)38-23(34)32(24(35)39-26(4,5)6)22-28-8-7-16(30-22)20-18(27)17-19(31-20)14(12-29-21(17)33)11-15-13-36-9-10-37-15/h7-8,14-15,31H,9-13H2,1-6H3,(H,29,33)/t14?,15-/m0/s1. The Kier molecular flexibility index (Phi) is 8.52. The third-order valence-corrected chi connectivity index (χ3v) is 6.87. The van der Waals surface area contributed by atoms with Crippen LogP contribution >= 0.6 is 22.6 Å². The molecular formula is C26H34IN5O7. The first-order chi connectivity index (χ1) is 18.2. The van der Waals surface area contributed by atoms with E-state index in [9.17, 15) is 14.4 Å². The van der Waals surface area contributed by atoms with Crippen LogP contribution in [0.4, 0.5) is 15.5 Å². The molecule has 13 heteroatoms. The van der Waals surface area contributed by atoms with Crippen molar-refractivity contribution in [2.75, 3.05) is 31.3 Å². The second-order valence-corrected chi connectivity index (χ2v) is 12.4. The van der Waals surface area contributed by atoms with Gasteiger partial charge in [0.25, 0.3) is 5.91 Å². The first-order valence-electron chi connectivity index (χ1n) is 12.7. The number of ether oxygens (including phenoxy) is 4. The number of nitrogens with zero attached hydrogens (tertiary/aromatic N) is 3. The highest BCUT2D eigenvalue weighted by Crippen LogP contribution is 2.37. The van der Waals surface area contributed by atoms with Crippen molar-refractivity contribution in [2.45, 2.75) is 71.2 Å². The largest absolute Gasteiger partial charge is 0.443 e. The van der Waals surface area contributed by atoms with Crippen molar-refractivity contribution in [3.63, 3.8) is 0 Å². The van der Waals surface area contributed by atoms with Crippen LogP contribution in [0.5, 0.6) is 0 Å². The van der Waals surface area contributed by atoms with Crippen molar-refractivity contribution in [1.29, 1.82) is 0 Å². The molecule has 39 heavy (non-hydrogen) atoms. The zero-order valence-corrected chi connectivity index (χ0v) is 25.1. The summed E-state index contributed by atoms with van der Waals surface area (Å²) in [7, 11) is 0. The molecule has 2 N–H and O–H groups in total. The van der Waals surface area contributed by atoms with Gasteiger partial charge < -0.3 is 29.2 Å². The molecule has 1 saturated heterocycles. The van der Waals surface area contributed by atoms with Crippen molar-refractivity contribution in [1.82, 2.24) is 20.3 Å². The summed E-state index contributed by atoms with van der Waals surface area (Å²) in [6.07, 6.45) is 0.0913. The lowest BCUT2D eigenvalue weighted by Crippen LogP contribution is -2.44. The lowest BCUT2D eigenvalue weighted by Gasteiger charge is -2.29. The van der Waals surface area contributed by atoms with Crippen LogP contribution in [-0.4, -0.2) is 76.7 Å². The number of aromatic amines is 1. The number of anilines is 1. The van der Waals surface area contributed by atoms with Gasteiger partial charge in [0.15, 0.2) is 0 Å². The Balaban J connectivity index is 1.70. The van der Waals surface area contributed by atoms with Gasteiger partial charge in [-0.15, -0.1) is 4.90 Å². The van der Waals surface area contributed by atoms with Gasteiger partial charge in [0.05, 0.1) is 46.4 Å². The van der Waals surface area contributed by atoms with Crippen molar-refractivity contribution >= 4 is 46.6 Å². The number of rotatable bonds is 4. The van der Waals surface area contributed by atoms with E-state index in [4.69, 9.17) is 18.9 Å². The quantitative estimate of drug-likeness (QED) is 0.459. The summed E-state index contributed by atoms with van der Waals surface area (Å²) in [6.45, 7) is 12.2. The van der Waals surface area contributed by atoms with Crippen LogP contribution in [0, 0.1) is 3.57 Å². The maximum atomic E-state index is 13.1. The number of carbonyl (C=O) groups is 3. The summed E-state index contributed by atoms with van der Waals surface area (Å²) in [5, 5.41) is 2.96. The molecular weight excluding hydrogens is 621 g/mol. The molecule has 3 amide bonds. The number of imide groups is 1. The Morgan fingerprint density at radius 1 is 1.13 bits per heavy atom. The summed E-state index contributed by atoms with van der Waals surface area (Å²) in [5.74, 6) is -0.423. The molecule has 1 fully saturated rings. The number of fused-ring (bicyclic) bond motifs is 1. The van der Waals surface area contributed by atoms with Crippen LogP contribution in [0.2, 0.25) is 0 Å². The number of hydrogen-bond acceptors (Lipinski definition) is 9. The smallest absolute Gasteiger partial charge is 0.427 e. The highest BCUT2D eigenvalue weighted by Gasteiger charge is 2.36. The van der Waals surface area contributed by atoms with E-state index in [1.165, 1.54) is 6.20 Å². The van der Waals surface area contributed by atoms with E-state index >= 15 is 0 Å². The van der Waals surface area contributed by atoms with Gasteiger partial charge in [0.1, 0.15) is 11.2 Å². The molecule has 4 heterocycles. The fourth-order valence-electron chi connectivity index (χ4n) is 4.25. The van der Waals surface area contributed by atoms with Gasteiger partial charge in [-0.2, -0.15) is 0 Å². The van der Waals surface area contributed by atoms with Gasteiger partial charge in [-0.1, -0.05) is 0 Å². The van der Waals surface area contributed by atoms with Crippen LogP contribution in [0.25, 0.3) is 11.4 Å². The van der Waals surface area contributed by atoms with E-state index in [1.807, 2.05) is 0 Å². The topological polar surface area (TPSA) is 145 Å². The molecule has 2 aliphatic rings. The normalized spacial score (nSPS) is 19.6. The van der Waals surface area contributed by atoms with E-state index in [2.05, 4.69) is 42.9 Å². The number of halogens is 1. The predicted molar refractivity (Wildman–Crippen MR) is 150 cm³/mol. The summed E-state index contributed by atoms with van der Waals surface area (Å²) < 4.78 is 22.9. The molecule has 2 aromatic rings. The van der Waals surface area contributed by atoms with Crippen LogP contribution in [0.3, 0.4) is 0 Å². The molecule has 12 nitrogen and oxygen atoms in total. The number of carbonyl (C=O) groups excluding carboxylic acids is 3. The molecule has 2 aliphatic heterocycles. The lowest BCUT2D eigenvalue weighted by atomic mass is 9.92. The third-order valence-electron chi connectivity index (χ3n) is 5.80. The molecule has 0 aliphatic carbocycles. The number of H-pyrrole nitrogens is 1. The lowest BCUT2D eigenvalue weighted by molar-refractivity contribution is -0.0928. The third kappa shape index (κ3) is 7.06. The maximum absolute atomic E-state index is 13.1. The second kappa shape index (κ2) is 11.4. The van der Waals surface area contributed by atoms with Gasteiger partial charge in [-0.05, 0) is 76.6 Å². The number of hydrogen-bond donors (Lipinski definition) is 2. The van der Waals surface area contributed by atoms with Crippen LogP contribution in [0.15, 0.2) is 12.3 Å². The fourth-order valence-corrected chi connectivity index (χ4v) is 5.19. The number of amides is 3. The van der Waals surface area contributed by atoms with Crippen molar-refractivity contribution < 1.29 is 33.3 Å². The van der Waals surface area contributed by atoms with Crippen LogP contribution in [-0.2, 0) is 18.9 Å². The molecule has 212 valence electrons. The zero-order chi connectivity index (χ0) is 28.5. The van der Waals surface area contributed by atoms with E-state index in [0.29, 0.717) is 58.2 Å². The highest BCUT2D eigenvalue weighted by molar-refractivity contribution is 14.1. The Morgan fingerprint density at radius 2 is 1.79 bits per heavy atom. The zero-order valence-electron chi connectivity index (χ0n) is 22.9. The van der Waals surface area contributed by atoms with E-state index in [0.717, 1.165) is 5.69 Å². The minimum Gasteiger partial charge on any atom is -0.443 e. The molecule has 4 rings (SSSR count). The second-order valence-electron chi connectivity index (χ2n) is 11.4. The average molecular weight is 655 g/mol. The van der Waals surface area contributed by atoms with E-state index in [-0.39, 0.29) is 23.9 Å². The SMILES string of the molecule is CC(C)(C)OC(=O)N(C(=O)OC(C)(C)C)c1nccc(-c2[nH]c3c(c2I)C(=O)NCC3C[C@H]2COCCO2)n1. The number of aromatic nitrogens is 3. The van der Waals surface area contributed by atoms with Crippen LogP contribution in [0.1, 0.15) is 69.9 Å². The molecule has 2 aromatic heterocycles. The Hall–Kier alpha value is -2.78. The predicted octanol–water partition coefficient (Wildman–Crippen LogP) is 4.39. The minimum absolute atomic E-state index is 0.0204. The van der Waals surface area contributed by atoms with Crippen molar-refractivity contribution in [3.8, 4) is 11.4 Å². The minimum atomic E-state index is -0.969. The summed E-state index contributed by atoms with van der Waals surface area (Å²) >= 11 is 2.10. The van der Waals surface area contributed by atoms with Crippen molar-refractivity contribution in [2.24, 2.45) is 0 Å². The molecule has 0 saturated carbocycles. The molecule has 0 bridgehead atoms. The van der Waals surface area contributed by atoms with Gasteiger partial charge in [-0.3, -0.25) is 4.79 Å². The summed E-state index contributed by atoms with van der Waals surface area (Å²) in [5.41, 5.74) is 0.523. The highest BCUT2D eigenvalue weighted by atomic mass is 127. The molecule has 0 radical (unpaired) electrons. The molecule has 0 spiro atoms. The maximum Gasteiger partial charge on any atom is 0.427 e. The monoisotopic (exact) mass is 655 g/mol. The average Bonchev–Trinajstić information content (AvgIpc) is 3.18. The molecule has 2 atom stereocenters. The molecule has 1 unspecified atom stereocenters. The van der Waals surface area contributed by atoms with E-state index < -0.39 is 23.4 Å². The Bertz CT molecular complexity index is 1220. The van der Waals surface area contributed by atoms with Gasteiger partial charge >= 0.3 is 12.2 Å². The summed E-state index contributed by atoms with van der Waals surface area (Å²) in [6, 6.07) is 1.64.